The third kappa shape index (κ3) is 2.89. The highest BCUT2D eigenvalue weighted by atomic mass is 16.5. The second kappa shape index (κ2) is 5.55. The molecule has 0 bridgehead atoms. The summed E-state index contributed by atoms with van der Waals surface area (Å²) >= 11 is 0. The predicted octanol–water partition coefficient (Wildman–Crippen LogP) is 1.90. The maximum Gasteiger partial charge on any atom is 0.232 e. The maximum absolute atomic E-state index is 12.1. The number of amides is 1. The van der Waals surface area contributed by atoms with Gasteiger partial charge in [-0.05, 0) is 24.6 Å². The van der Waals surface area contributed by atoms with E-state index in [0.29, 0.717) is 31.2 Å². The van der Waals surface area contributed by atoms with E-state index < -0.39 is 0 Å². The number of methoxy groups -OCH3 is 1. The van der Waals surface area contributed by atoms with Crippen LogP contribution < -0.4 is 4.74 Å². The van der Waals surface area contributed by atoms with Gasteiger partial charge in [0.1, 0.15) is 5.75 Å². The summed E-state index contributed by atoms with van der Waals surface area (Å²) in [6, 6.07) is 7.74. The Morgan fingerprint density at radius 2 is 2.33 bits per heavy atom. The highest BCUT2D eigenvalue weighted by Crippen LogP contribution is 2.28. The number of aryl methyl sites for hydroxylation is 1. The van der Waals surface area contributed by atoms with Crippen LogP contribution in [0.5, 0.6) is 5.75 Å². The first-order chi connectivity index (χ1) is 10.2. The van der Waals surface area contributed by atoms with Crippen molar-refractivity contribution < 1.29 is 14.1 Å². The number of carbonyl (C=O) groups excluding carboxylic acids is 1. The molecule has 1 aliphatic heterocycles. The average Bonchev–Trinajstić information content (AvgIpc) is 3.06. The number of likely N-dealkylation sites (tertiary alicyclic amines) is 1. The van der Waals surface area contributed by atoms with Gasteiger partial charge < -0.3 is 14.2 Å². The lowest BCUT2D eigenvalue weighted by molar-refractivity contribution is -0.128. The van der Waals surface area contributed by atoms with Gasteiger partial charge in [0.25, 0.3) is 0 Å². The third-order valence-corrected chi connectivity index (χ3v) is 3.61. The van der Waals surface area contributed by atoms with E-state index in [1.165, 1.54) is 0 Å². The first-order valence-corrected chi connectivity index (χ1v) is 6.86. The molecule has 0 N–H and O–H groups in total. The molecular formula is C15H17N3O3. The molecule has 1 amide bonds. The third-order valence-electron chi connectivity index (χ3n) is 3.61. The SMILES string of the molecule is COc1cccc(CN2CC(c3nc(C)no3)CC2=O)c1. The van der Waals surface area contributed by atoms with Crippen LogP contribution in [-0.4, -0.2) is 34.6 Å². The molecule has 0 radical (unpaired) electrons. The van der Waals surface area contributed by atoms with Crippen molar-refractivity contribution in [2.75, 3.05) is 13.7 Å². The molecule has 6 heteroatoms. The number of ether oxygens (including phenoxy) is 1. The molecule has 21 heavy (non-hydrogen) atoms. The summed E-state index contributed by atoms with van der Waals surface area (Å²) in [6.07, 6.45) is 0.422. The van der Waals surface area contributed by atoms with Crippen molar-refractivity contribution in [3.05, 3.63) is 41.5 Å². The summed E-state index contributed by atoms with van der Waals surface area (Å²) in [5.74, 6) is 2.05. The van der Waals surface area contributed by atoms with Crippen LogP contribution in [0.15, 0.2) is 28.8 Å². The summed E-state index contributed by atoms with van der Waals surface area (Å²) in [5, 5.41) is 3.79. The van der Waals surface area contributed by atoms with Crippen LogP contribution in [-0.2, 0) is 11.3 Å². The van der Waals surface area contributed by atoms with Gasteiger partial charge in [-0.15, -0.1) is 0 Å². The molecule has 0 saturated carbocycles. The summed E-state index contributed by atoms with van der Waals surface area (Å²) < 4.78 is 10.4. The van der Waals surface area contributed by atoms with Crippen LogP contribution in [0.2, 0.25) is 0 Å². The Balaban J connectivity index is 1.70. The number of hydrogen-bond donors (Lipinski definition) is 0. The fourth-order valence-corrected chi connectivity index (χ4v) is 2.56. The number of aromatic nitrogens is 2. The van der Waals surface area contributed by atoms with Gasteiger partial charge in [-0.3, -0.25) is 4.79 Å². The molecule has 1 saturated heterocycles. The van der Waals surface area contributed by atoms with E-state index in [1.807, 2.05) is 29.2 Å². The Kier molecular flexibility index (Phi) is 3.60. The highest BCUT2D eigenvalue weighted by Gasteiger charge is 2.33. The lowest BCUT2D eigenvalue weighted by Crippen LogP contribution is -2.24. The quantitative estimate of drug-likeness (QED) is 0.859. The van der Waals surface area contributed by atoms with Crippen molar-refractivity contribution in [2.45, 2.75) is 25.8 Å². The van der Waals surface area contributed by atoms with Crippen molar-refractivity contribution in [1.82, 2.24) is 15.0 Å². The minimum absolute atomic E-state index is 0.00990. The summed E-state index contributed by atoms with van der Waals surface area (Å²) in [7, 11) is 1.63. The number of carbonyl (C=O) groups is 1. The lowest BCUT2D eigenvalue weighted by atomic mass is 10.1. The van der Waals surface area contributed by atoms with E-state index in [-0.39, 0.29) is 11.8 Å². The lowest BCUT2D eigenvalue weighted by Gasteiger charge is -2.16. The molecule has 1 fully saturated rings. The van der Waals surface area contributed by atoms with Crippen LogP contribution in [0.25, 0.3) is 0 Å². The van der Waals surface area contributed by atoms with Gasteiger partial charge in [-0.25, -0.2) is 0 Å². The van der Waals surface area contributed by atoms with Crippen LogP contribution in [0, 0.1) is 6.92 Å². The fraction of sp³-hybridized carbons (Fsp3) is 0.400. The molecule has 1 aliphatic rings. The number of benzene rings is 1. The van der Waals surface area contributed by atoms with Crippen molar-refractivity contribution in [2.24, 2.45) is 0 Å². The van der Waals surface area contributed by atoms with E-state index in [0.717, 1.165) is 11.3 Å². The number of hydrogen-bond acceptors (Lipinski definition) is 5. The molecule has 1 atom stereocenters. The van der Waals surface area contributed by atoms with Gasteiger partial charge in [0.15, 0.2) is 5.82 Å². The maximum atomic E-state index is 12.1. The van der Waals surface area contributed by atoms with E-state index in [1.54, 1.807) is 14.0 Å². The average molecular weight is 287 g/mol. The molecule has 1 aromatic heterocycles. The van der Waals surface area contributed by atoms with E-state index in [4.69, 9.17) is 9.26 Å². The van der Waals surface area contributed by atoms with Crippen LogP contribution >= 0.6 is 0 Å². The minimum Gasteiger partial charge on any atom is -0.497 e. The molecule has 0 aliphatic carbocycles. The molecule has 6 nitrogen and oxygen atoms in total. The van der Waals surface area contributed by atoms with Crippen LogP contribution in [0.4, 0.5) is 0 Å². The summed E-state index contributed by atoms with van der Waals surface area (Å²) in [5.41, 5.74) is 1.05. The monoisotopic (exact) mass is 287 g/mol. The highest BCUT2D eigenvalue weighted by molar-refractivity contribution is 5.79. The molecule has 110 valence electrons. The van der Waals surface area contributed by atoms with Gasteiger partial charge in [0.2, 0.25) is 11.8 Å². The van der Waals surface area contributed by atoms with E-state index in [9.17, 15) is 4.79 Å². The molecule has 1 unspecified atom stereocenters. The first kappa shape index (κ1) is 13.6. The van der Waals surface area contributed by atoms with Crippen LogP contribution in [0.1, 0.15) is 29.6 Å². The zero-order chi connectivity index (χ0) is 14.8. The first-order valence-electron chi connectivity index (χ1n) is 6.86. The van der Waals surface area contributed by atoms with Gasteiger partial charge in [-0.1, -0.05) is 17.3 Å². The molecule has 3 rings (SSSR count). The molecule has 1 aromatic carbocycles. The van der Waals surface area contributed by atoms with Crippen LogP contribution in [0.3, 0.4) is 0 Å². The smallest absolute Gasteiger partial charge is 0.232 e. The number of rotatable bonds is 4. The largest absolute Gasteiger partial charge is 0.497 e. The topological polar surface area (TPSA) is 68.5 Å². The Hall–Kier alpha value is -2.37. The predicted molar refractivity (Wildman–Crippen MR) is 74.8 cm³/mol. The van der Waals surface area contributed by atoms with Crippen molar-refractivity contribution in [3.8, 4) is 5.75 Å². The number of nitrogens with zero attached hydrogens (tertiary/aromatic N) is 3. The normalized spacial score (nSPS) is 18.3. The molecule has 2 aromatic rings. The Labute approximate surface area is 122 Å². The second-order valence-electron chi connectivity index (χ2n) is 5.21. The van der Waals surface area contributed by atoms with Gasteiger partial charge >= 0.3 is 0 Å². The Morgan fingerprint density at radius 1 is 1.48 bits per heavy atom. The molecule has 0 spiro atoms. The van der Waals surface area contributed by atoms with E-state index in [2.05, 4.69) is 10.1 Å². The van der Waals surface area contributed by atoms with E-state index >= 15 is 0 Å². The Morgan fingerprint density at radius 3 is 3.05 bits per heavy atom. The zero-order valence-electron chi connectivity index (χ0n) is 12.1. The summed E-state index contributed by atoms with van der Waals surface area (Å²) in [6.45, 7) is 2.95. The fourth-order valence-electron chi connectivity index (χ4n) is 2.56. The Bertz CT molecular complexity index is 653. The van der Waals surface area contributed by atoms with Gasteiger partial charge in [0.05, 0.1) is 13.0 Å². The zero-order valence-corrected chi connectivity index (χ0v) is 12.1. The van der Waals surface area contributed by atoms with Gasteiger partial charge in [0, 0.05) is 19.5 Å². The molecular weight excluding hydrogens is 270 g/mol. The van der Waals surface area contributed by atoms with Crippen molar-refractivity contribution in [3.63, 3.8) is 0 Å². The molecule has 2 heterocycles. The minimum atomic E-state index is -0.00990. The van der Waals surface area contributed by atoms with Gasteiger partial charge in [-0.2, -0.15) is 4.98 Å². The van der Waals surface area contributed by atoms with Crippen molar-refractivity contribution >= 4 is 5.91 Å². The summed E-state index contributed by atoms with van der Waals surface area (Å²) in [4.78, 5) is 18.2. The standard InChI is InChI=1S/C15H17N3O3/c1-10-16-15(21-17-10)12-7-14(19)18(9-12)8-11-4-3-5-13(6-11)20-2/h3-6,12H,7-9H2,1-2H3. The second-order valence-corrected chi connectivity index (χ2v) is 5.21. The van der Waals surface area contributed by atoms with Crippen molar-refractivity contribution in [1.29, 1.82) is 0 Å².